The second kappa shape index (κ2) is 6.50. The van der Waals surface area contributed by atoms with Crippen LogP contribution >= 0.6 is 11.6 Å². The largest absolute Gasteiger partial charge is 0.478 e. The quantitative estimate of drug-likeness (QED) is 0.887. The molecule has 0 aliphatic carbocycles. The van der Waals surface area contributed by atoms with E-state index in [0.29, 0.717) is 11.6 Å². The van der Waals surface area contributed by atoms with Gasteiger partial charge in [-0.1, -0.05) is 23.7 Å². The lowest BCUT2D eigenvalue weighted by atomic mass is 10.1. The van der Waals surface area contributed by atoms with Crippen molar-refractivity contribution < 1.29 is 9.90 Å². The molecule has 0 amide bonds. The summed E-state index contributed by atoms with van der Waals surface area (Å²) < 4.78 is 0. The predicted molar refractivity (Wildman–Crippen MR) is 77.9 cm³/mol. The zero-order valence-corrected chi connectivity index (χ0v) is 11.8. The molecule has 2 aromatic rings. The van der Waals surface area contributed by atoms with Crippen LogP contribution in [0.15, 0.2) is 42.6 Å². The minimum atomic E-state index is -0.966. The summed E-state index contributed by atoms with van der Waals surface area (Å²) in [5.41, 5.74) is 2.13. The molecule has 0 saturated heterocycles. The van der Waals surface area contributed by atoms with Gasteiger partial charge in [-0.25, -0.2) is 4.79 Å². The molecule has 1 heterocycles. The van der Waals surface area contributed by atoms with Crippen molar-refractivity contribution in [3.05, 3.63) is 64.4 Å². The number of hydrogen-bond donors (Lipinski definition) is 2. The van der Waals surface area contributed by atoms with Crippen molar-refractivity contribution >= 4 is 17.6 Å². The van der Waals surface area contributed by atoms with E-state index in [0.717, 1.165) is 11.3 Å². The number of aromatic carboxylic acids is 1. The Bertz CT molecular complexity index is 582. The predicted octanol–water partition coefficient (Wildman–Crippen LogP) is 3.28. The normalized spacial score (nSPS) is 12.1. The molecule has 4 nitrogen and oxygen atoms in total. The van der Waals surface area contributed by atoms with Crippen molar-refractivity contribution in [2.75, 3.05) is 0 Å². The Labute approximate surface area is 122 Å². The van der Waals surface area contributed by atoms with E-state index in [1.165, 1.54) is 6.20 Å². The summed E-state index contributed by atoms with van der Waals surface area (Å²) in [6.45, 7) is 2.62. The Morgan fingerprint density at radius 3 is 2.55 bits per heavy atom. The van der Waals surface area contributed by atoms with Crippen molar-refractivity contribution in [3.8, 4) is 0 Å². The monoisotopic (exact) mass is 290 g/mol. The fourth-order valence-corrected chi connectivity index (χ4v) is 1.91. The Kier molecular flexibility index (Phi) is 4.71. The number of hydrogen-bond acceptors (Lipinski definition) is 3. The molecule has 0 bridgehead atoms. The SMILES string of the molecule is C[C@H](NCc1ccc(C(=O)O)cn1)c1ccc(Cl)cc1. The van der Waals surface area contributed by atoms with Gasteiger partial charge >= 0.3 is 5.97 Å². The van der Waals surface area contributed by atoms with Gasteiger partial charge in [0, 0.05) is 23.8 Å². The minimum Gasteiger partial charge on any atom is -0.478 e. The number of carboxylic acid groups (broad SMARTS) is 1. The van der Waals surface area contributed by atoms with E-state index in [1.54, 1.807) is 12.1 Å². The maximum absolute atomic E-state index is 10.7. The van der Waals surface area contributed by atoms with Crippen LogP contribution in [-0.4, -0.2) is 16.1 Å². The molecule has 104 valence electrons. The average Bonchev–Trinajstić information content (AvgIpc) is 2.46. The number of halogens is 1. The maximum atomic E-state index is 10.7. The molecular weight excluding hydrogens is 276 g/mol. The first-order valence-corrected chi connectivity index (χ1v) is 6.61. The molecule has 20 heavy (non-hydrogen) atoms. The summed E-state index contributed by atoms with van der Waals surface area (Å²) in [5.74, 6) is -0.966. The number of benzene rings is 1. The van der Waals surface area contributed by atoms with Crippen LogP contribution in [0.3, 0.4) is 0 Å². The van der Waals surface area contributed by atoms with E-state index in [9.17, 15) is 4.79 Å². The molecule has 0 fully saturated rings. The van der Waals surface area contributed by atoms with Crippen molar-refractivity contribution in [2.45, 2.75) is 19.5 Å². The summed E-state index contributed by atoms with van der Waals surface area (Å²) in [7, 11) is 0. The number of carboxylic acids is 1. The highest BCUT2D eigenvalue weighted by molar-refractivity contribution is 6.30. The standard InChI is InChI=1S/C15H15ClN2O2/c1-10(11-2-5-13(16)6-3-11)17-9-14-7-4-12(8-18-14)15(19)20/h2-8,10,17H,9H2,1H3,(H,19,20)/t10-/m0/s1. The number of aromatic nitrogens is 1. The number of carbonyl (C=O) groups is 1. The van der Waals surface area contributed by atoms with Crippen LogP contribution in [0, 0.1) is 0 Å². The van der Waals surface area contributed by atoms with Crippen LogP contribution in [-0.2, 0) is 6.54 Å². The number of nitrogens with zero attached hydrogens (tertiary/aromatic N) is 1. The molecule has 0 radical (unpaired) electrons. The Balaban J connectivity index is 1.94. The van der Waals surface area contributed by atoms with Gasteiger partial charge in [0.25, 0.3) is 0 Å². The first-order chi connectivity index (χ1) is 9.56. The summed E-state index contributed by atoms with van der Waals surface area (Å²) in [4.78, 5) is 14.8. The first kappa shape index (κ1) is 14.5. The smallest absolute Gasteiger partial charge is 0.337 e. The number of rotatable bonds is 5. The van der Waals surface area contributed by atoms with E-state index in [-0.39, 0.29) is 11.6 Å². The molecular formula is C15H15ClN2O2. The zero-order chi connectivity index (χ0) is 14.5. The third kappa shape index (κ3) is 3.79. The molecule has 5 heteroatoms. The van der Waals surface area contributed by atoms with Gasteiger partial charge in [-0.15, -0.1) is 0 Å². The molecule has 1 aromatic carbocycles. The van der Waals surface area contributed by atoms with Gasteiger partial charge < -0.3 is 10.4 Å². The number of pyridine rings is 1. The van der Waals surface area contributed by atoms with Gasteiger partial charge in [-0.05, 0) is 36.8 Å². The fourth-order valence-electron chi connectivity index (χ4n) is 1.78. The summed E-state index contributed by atoms with van der Waals surface area (Å²) in [6, 6.07) is 11.1. The van der Waals surface area contributed by atoms with E-state index in [1.807, 2.05) is 24.3 Å². The Morgan fingerprint density at radius 1 is 1.30 bits per heavy atom. The minimum absolute atomic E-state index is 0.160. The van der Waals surface area contributed by atoms with Crippen LogP contribution in [0.1, 0.15) is 34.6 Å². The maximum Gasteiger partial charge on any atom is 0.337 e. The number of nitrogens with one attached hydrogen (secondary N) is 1. The van der Waals surface area contributed by atoms with Crippen LogP contribution in [0.25, 0.3) is 0 Å². The van der Waals surface area contributed by atoms with Crippen LogP contribution in [0.4, 0.5) is 0 Å². The molecule has 0 aliphatic heterocycles. The molecule has 1 aromatic heterocycles. The van der Waals surface area contributed by atoms with Gasteiger partial charge in [-0.3, -0.25) is 4.98 Å². The Hall–Kier alpha value is -1.91. The van der Waals surface area contributed by atoms with Gasteiger partial charge in [0.15, 0.2) is 0 Å². The van der Waals surface area contributed by atoms with Crippen LogP contribution < -0.4 is 5.32 Å². The van der Waals surface area contributed by atoms with Gasteiger partial charge in [0.05, 0.1) is 11.3 Å². The third-order valence-corrected chi connectivity index (χ3v) is 3.28. The summed E-state index contributed by atoms with van der Waals surface area (Å²) in [6.07, 6.45) is 1.37. The second-order valence-corrected chi connectivity index (χ2v) is 4.93. The average molecular weight is 291 g/mol. The first-order valence-electron chi connectivity index (χ1n) is 6.23. The van der Waals surface area contributed by atoms with Crippen molar-refractivity contribution in [1.82, 2.24) is 10.3 Å². The lowest BCUT2D eigenvalue weighted by Gasteiger charge is -2.14. The highest BCUT2D eigenvalue weighted by Crippen LogP contribution is 2.16. The van der Waals surface area contributed by atoms with Crippen molar-refractivity contribution in [1.29, 1.82) is 0 Å². The van der Waals surface area contributed by atoms with Gasteiger partial charge in [-0.2, -0.15) is 0 Å². The van der Waals surface area contributed by atoms with Gasteiger partial charge in [0.2, 0.25) is 0 Å². The lowest BCUT2D eigenvalue weighted by molar-refractivity contribution is 0.0696. The van der Waals surface area contributed by atoms with Crippen LogP contribution in [0.5, 0.6) is 0 Å². The van der Waals surface area contributed by atoms with Crippen molar-refractivity contribution in [3.63, 3.8) is 0 Å². The van der Waals surface area contributed by atoms with E-state index < -0.39 is 5.97 Å². The van der Waals surface area contributed by atoms with Crippen LogP contribution in [0.2, 0.25) is 5.02 Å². The van der Waals surface area contributed by atoms with Crippen molar-refractivity contribution in [2.24, 2.45) is 0 Å². The second-order valence-electron chi connectivity index (χ2n) is 4.50. The lowest BCUT2D eigenvalue weighted by Crippen LogP contribution is -2.18. The van der Waals surface area contributed by atoms with Gasteiger partial charge in [0.1, 0.15) is 0 Å². The molecule has 0 spiro atoms. The van der Waals surface area contributed by atoms with E-state index >= 15 is 0 Å². The highest BCUT2D eigenvalue weighted by Gasteiger charge is 2.06. The zero-order valence-electron chi connectivity index (χ0n) is 11.0. The molecule has 1 atom stereocenters. The molecule has 0 saturated carbocycles. The van der Waals surface area contributed by atoms with E-state index in [4.69, 9.17) is 16.7 Å². The summed E-state index contributed by atoms with van der Waals surface area (Å²) >= 11 is 5.85. The molecule has 2 N–H and O–H groups in total. The highest BCUT2D eigenvalue weighted by atomic mass is 35.5. The topological polar surface area (TPSA) is 62.2 Å². The Morgan fingerprint density at radius 2 is 2.00 bits per heavy atom. The summed E-state index contributed by atoms with van der Waals surface area (Å²) in [5, 5.41) is 12.8. The van der Waals surface area contributed by atoms with E-state index in [2.05, 4.69) is 17.2 Å². The molecule has 2 rings (SSSR count). The third-order valence-electron chi connectivity index (χ3n) is 3.03. The molecule has 0 aliphatic rings. The molecule has 0 unspecified atom stereocenters. The fraction of sp³-hybridized carbons (Fsp3) is 0.200.